The highest BCUT2D eigenvalue weighted by atomic mass is 19.4. The molecule has 0 amide bonds. The van der Waals surface area contributed by atoms with E-state index >= 15 is 0 Å². The fourth-order valence-electron chi connectivity index (χ4n) is 1.50. The Balaban J connectivity index is 4.08. The van der Waals surface area contributed by atoms with Crippen LogP contribution >= 0.6 is 0 Å². The first-order chi connectivity index (χ1) is 6.78. The molecule has 0 aliphatic carbocycles. The summed E-state index contributed by atoms with van der Waals surface area (Å²) in [5.74, 6) is 0.133. The summed E-state index contributed by atoms with van der Waals surface area (Å²) < 4.78 is 41.2. The Morgan fingerprint density at radius 1 is 1.27 bits per heavy atom. The molecule has 2 unspecified atom stereocenters. The monoisotopic (exact) mass is 227 g/mol. The van der Waals surface area contributed by atoms with Gasteiger partial charge in [0.15, 0.2) is 0 Å². The fraction of sp³-hybridized carbons (Fsp3) is 1.00. The topological polar surface area (TPSA) is 35.2 Å². The van der Waals surface area contributed by atoms with Crippen LogP contribution in [0, 0.1) is 5.92 Å². The van der Waals surface area contributed by atoms with Crippen LogP contribution in [0.15, 0.2) is 0 Å². The molecule has 2 atom stereocenters. The molecule has 0 aromatic carbocycles. The first-order valence-electron chi connectivity index (χ1n) is 5.21. The maximum atomic E-state index is 12.0. The van der Waals surface area contributed by atoms with Gasteiger partial charge in [0.2, 0.25) is 0 Å². The van der Waals surface area contributed by atoms with Gasteiger partial charge in [-0.25, -0.2) is 0 Å². The standard InChI is InChI=1S/C10H20F3NO/c1-4-15-9(7(2)3)8(14)5-6-10(11,12)13/h7-9H,4-6,14H2,1-3H3. The molecule has 0 bridgehead atoms. The third kappa shape index (κ3) is 6.73. The van der Waals surface area contributed by atoms with Crippen molar-refractivity contribution in [1.82, 2.24) is 0 Å². The lowest BCUT2D eigenvalue weighted by atomic mass is 9.96. The number of rotatable bonds is 6. The van der Waals surface area contributed by atoms with E-state index in [0.717, 1.165) is 0 Å². The van der Waals surface area contributed by atoms with Crippen molar-refractivity contribution in [1.29, 1.82) is 0 Å². The van der Waals surface area contributed by atoms with Crippen LogP contribution in [-0.4, -0.2) is 24.9 Å². The quantitative estimate of drug-likeness (QED) is 0.757. The lowest BCUT2D eigenvalue weighted by molar-refractivity contribution is -0.138. The molecule has 0 spiro atoms. The molecule has 2 nitrogen and oxygen atoms in total. The molecule has 0 heterocycles. The van der Waals surface area contributed by atoms with Crippen molar-refractivity contribution < 1.29 is 17.9 Å². The normalized spacial score (nSPS) is 16.8. The van der Waals surface area contributed by atoms with Crippen molar-refractivity contribution in [3.8, 4) is 0 Å². The molecule has 0 aliphatic rings. The second-order valence-electron chi connectivity index (χ2n) is 3.98. The number of hydrogen-bond acceptors (Lipinski definition) is 2. The van der Waals surface area contributed by atoms with Gasteiger partial charge in [0.1, 0.15) is 0 Å². The van der Waals surface area contributed by atoms with E-state index in [4.69, 9.17) is 10.5 Å². The average Bonchev–Trinajstić information content (AvgIpc) is 2.08. The summed E-state index contributed by atoms with van der Waals surface area (Å²) in [5, 5.41) is 0. The number of alkyl halides is 3. The highest BCUT2D eigenvalue weighted by molar-refractivity contribution is 4.77. The van der Waals surface area contributed by atoms with E-state index in [-0.39, 0.29) is 18.4 Å². The Morgan fingerprint density at radius 2 is 1.80 bits per heavy atom. The van der Waals surface area contributed by atoms with Gasteiger partial charge in [-0.15, -0.1) is 0 Å². The van der Waals surface area contributed by atoms with Gasteiger partial charge in [0, 0.05) is 19.1 Å². The van der Waals surface area contributed by atoms with E-state index in [1.165, 1.54) is 0 Å². The van der Waals surface area contributed by atoms with Gasteiger partial charge in [0.25, 0.3) is 0 Å². The smallest absolute Gasteiger partial charge is 0.377 e. The van der Waals surface area contributed by atoms with Gasteiger partial charge >= 0.3 is 6.18 Å². The van der Waals surface area contributed by atoms with Crippen molar-refractivity contribution in [3.63, 3.8) is 0 Å². The molecule has 0 fully saturated rings. The Hall–Kier alpha value is -0.290. The van der Waals surface area contributed by atoms with Gasteiger partial charge in [-0.1, -0.05) is 13.8 Å². The summed E-state index contributed by atoms with van der Waals surface area (Å²) in [7, 11) is 0. The van der Waals surface area contributed by atoms with Crippen LogP contribution in [0.3, 0.4) is 0 Å². The summed E-state index contributed by atoms with van der Waals surface area (Å²) in [6, 6.07) is -0.549. The Bertz CT molecular complexity index is 171. The second kappa shape index (κ2) is 6.33. The highest BCUT2D eigenvalue weighted by Gasteiger charge is 2.30. The van der Waals surface area contributed by atoms with Crippen LogP contribution in [0.25, 0.3) is 0 Å². The minimum atomic E-state index is -4.13. The molecule has 0 rings (SSSR count). The van der Waals surface area contributed by atoms with Crippen LogP contribution in [0.2, 0.25) is 0 Å². The van der Waals surface area contributed by atoms with Crippen molar-refractivity contribution in [3.05, 3.63) is 0 Å². The van der Waals surface area contributed by atoms with E-state index in [9.17, 15) is 13.2 Å². The molecule has 0 radical (unpaired) electrons. The molecule has 0 aromatic rings. The minimum absolute atomic E-state index is 0.0770. The predicted molar refractivity (Wildman–Crippen MR) is 53.5 cm³/mol. The second-order valence-corrected chi connectivity index (χ2v) is 3.98. The lowest BCUT2D eigenvalue weighted by Crippen LogP contribution is -2.41. The third-order valence-electron chi connectivity index (χ3n) is 2.20. The molecule has 92 valence electrons. The number of halogens is 3. The molecule has 15 heavy (non-hydrogen) atoms. The zero-order chi connectivity index (χ0) is 12.1. The summed E-state index contributed by atoms with van der Waals surface area (Å²) in [5.41, 5.74) is 5.69. The van der Waals surface area contributed by atoms with Crippen LogP contribution in [0.5, 0.6) is 0 Å². The van der Waals surface area contributed by atoms with Gasteiger partial charge < -0.3 is 10.5 Å². The molecule has 2 N–H and O–H groups in total. The largest absolute Gasteiger partial charge is 0.389 e. The summed E-state index contributed by atoms with van der Waals surface area (Å²) in [6.07, 6.45) is -5.35. The Kier molecular flexibility index (Phi) is 6.20. The SMILES string of the molecule is CCOC(C(C)C)C(N)CCC(F)(F)F. The lowest BCUT2D eigenvalue weighted by Gasteiger charge is -2.27. The van der Waals surface area contributed by atoms with Gasteiger partial charge in [-0.2, -0.15) is 13.2 Å². The first-order valence-corrected chi connectivity index (χ1v) is 5.21. The molecule has 0 aliphatic heterocycles. The van der Waals surface area contributed by atoms with Crippen molar-refractivity contribution >= 4 is 0 Å². The van der Waals surface area contributed by atoms with E-state index in [2.05, 4.69) is 0 Å². The molecule has 5 heteroatoms. The van der Waals surface area contributed by atoms with Gasteiger partial charge in [-0.3, -0.25) is 0 Å². The average molecular weight is 227 g/mol. The highest BCUT2D eigenvalue weighted by Crippen LogP contribution is 2.24. The summed E-state index contributed by atoms with van der Waals surface area (Å²) >= 11 is 0. The summed E-state index contributed by atoms with van der Waals surface area (Å²) in [4.78, 5) is 0. The Labute approximate surface area is 89.0 Å². The Morgan fingerprint density at radius 3 is 2.13 bits per heavy atom. The molecule has 0 aromatic heterocycles. The van der Waals surface area contributed by atoms with Crippen molar-refractivity contribution in [2.24, 2.45) is 11.7 Å². The van der Waals surface area contributed by atoms with Crippen LogP contribution in [0.1, 0.15) is 33.6 Å². The number of nitrogens with two attached hydrogens (primary N) is 1. The minimum Gasteiger partial charge on any atom is -0.377 e. The predicted octanol–water partition coefficient (Wildman–Crippen LogP) is 2.72. The number of hydrogen-bond donors (Lipinski definition) is 1. The van der Waals surface area contributed by atoms with Crippen LogP contribution in [0.4, 0.5) is 13.2 Å². The first kappa shape index (κ1) is 14.7. The van der Waals surface area contributed by atoms with Crippen molar-refractivity contribution in [2.45, 2.75) is 51.9 Å². The molecular weight excluding hydrogens is 207 g/mol. The maximum Gasteiger partial charge on any atom is 0.389 e. The van der Waals surface area contributed by atoms with E-state index in [1.54, 1.807) is 0 Å². The fourth-order valence-corrected chi connectivity index (χ4v) is 1.50. The van der Waals surface area contributed by atoms with Gasteiger partial charge in [0.05, 0.1) is 6.10 Å². The van der Waals surface area contributed by atoms with E-state index in [0.29, 0.717) is 6.61 Å². The van der Waals surface area contributed by atoms with Crippen molar-refractivity contribution in [2.75, 3.05) is 6.61 Å². The van der Waals surface area contributed by atoms with E-state index in [1.807, 2.05) is 20.8 Å². The zero-order valence-electron chi connectivity index (χ0n) is 9.47. The molecular formula is C10H20F3NO. The molecule has 0 saturated carbocycles. The molecule has 0 saturated heterocycles. The maximum absolute atomic E-state index is 12.0. The van der Waals surface area contributed by atoms with E-state index < -0.39 is 18.6 Å². The zero-order valence-corrected chi connectivity index (χ0v) is 9.47. The van der Waals surface area contributed by atoms with Gasteiger partial charge in [-0.05, 0) is 19.3 Å². The third-order valence-corrected chi connectivity index (χ3v) is 2.20. The number of ether oxygens (including phenoxy) is 1. The van der Waals surface area contributed by atoms with Crippen LogP contribution in [-0.2, 0) is 4.74 Å². The van der Waals surface area contributed by atoms with Crippen LogP contribution < -0.4 is 5.73 Å². The summed E-state index contributed by atoms with van der Waals surface area (Å²) in [6.45, 7) is 6.08.